The lowest BCUT2D eigenvalue weighted by Crippen LogP contribution is -2.12. The molecule has 0 amide bonds. The Bertz CT molecular complexity index is 3250. The third-order valence-electron chi connectivity index (χ3n) is 12.2. The molecule has 0 aliphatic heterocycles. The van der Waals surface area contributed by atoms with E-state index < -0.39 is 0 Å². The summed E-state index contributed by atoms with van der Waals surface area (Å²) in [6.45, 7) is 0. The van der Waals surface area contributed by atoms with E-state index in [1.165, 1.54) is 21.5 Å². The van der Waals surface area contributed by atoms with Gasteiger partial charge in [-0.3, -0.25) is 9.97 Å². The maximum Gasteiger partial charge on any atom is 0.0702 e. The second kappa shape index (κ2) is 14.7. The minimum Gasteiger partial charge on any atom is -0.310 e. The molecule has 0 saturated carbocycles. The zero-order valence-corrected chi connectivity index (χ0v) is 33.7. The quantitative estimate of drug-likeness (QED) is 0.144. The van der Waals surface area contributed by atoms with E-state index >= 15 is 0 Å². The van der Waals surface area contributed by atoms with Crippen LogP contribution < -0.4 is 9.80 Å². The van der Waals surface area contributed by atoms with E-state index in [1.807, 2.05) is 12.4 Å². The van der Waals surface area contributed by atoms with Crippen LogP contribution in [0.15, 0.2) is 231 Å². The van der Waals surface area contributed by atoms with Gasteiger partial charge >= 0.3 is 0 Å². The Labute approximate surface area is 359 Å². The molecule has 0 bridgehead atoms. The van der Waals surface area contributed by atoms with Gasteiger partial charge in [-0.1, -0.05) is 133 Å². The lowest BCUT2D eigenvalue weighted by atomic mass is 9.85. The van der Waals surface area contributed by atoms with Crippen molar-refractivity contribution in [1.82, 2.24) is 9.97 Å². The highest BCUT2D eigenvalue weighted by Crippen LogP contribution is 2.52. The summed E-state index contributed by atoms with van der Waals surface area (Å²) in [4.78, 5) is 14.8. The average Bonchev–Trinajstić information content (AvgIpc) is 3.35. The third-order valence-corrected chi connectivity index (χ3v) is 12.2. The van der Waals surface area contributed by atoms with Gasteiger partial charge in [0.25, 0.3) is 0 Å². The van der Waals surface area contributed by atoms with E-state index in [1.54, 1.807) is 0 Å². The number of aromatic nitrogens is 2. The topological polar surface area (TPSA) is 32.3 Å². The number of nitrogens with zero attached hydrogens (tertiary/aromatic N) is 4. The van der Waals surface area contributed by atoms with Crippen molar-refractivity contribution in [3.8, 4) is 22.3 Å². The van der Waals surface area contributed by atoms with E-state index in [0.29, 0.717) is 0 Å². The lowest BCUT2D eigenvalue weighted by molar-refractivity contribution is 1.30. The van der Waals surface area contributed by atoms with Crippen molar-refractivity contribution in [2.24, 2.45) is 0 Å². The van der Waals surface area contributed by atoms with Crippen molar-refractivity contribution in [3.63, 3.8) is 0 Å². The van der Waals surface area contributed by atoms with Gasteiger partial charge in [-0.05, 0) is 107 Å². The summed E-state index contributed by atoms with van der Waals surface area (Å²) in [6, 6.07) is 78.3. The summed E-state index contributed by atoms with van der Waals surface area (Å²) in [5, 5.41) is 9.29. The predicted octanol–water partition coefficient (Wildman–Crippen LogP) is 16.0. The lowest BCUT2D eigenvalue weighted by Gasteiger charge is -2.31. The smallest absolute Gasteiger partial charge is 0.0702 e. The van der Waals surface area contributed by atoms with Crippen molar-refractivity contribution in [2.45, 2.75) is 0 Å². The highest BCUT2D eigenvalue weighted by Gasteiger charge is 2.26. The standard InChI is InChI=1S/C58H38N4/c1-5-19-43(20-6-1)61(44-21-7-2-8-22-44)55-35-51(41-33-39-17-13-15-27-53(39)59-37-41)47-30-32-50-56(62(45-23-9-3-10-24-45)46-25-11-4-12-26-46)36-52(48-29-31-49(55)57(47)58(48)50)42-34-40-18-14-16-28-54(40)60-38-42/h1-38H. The number of anilines is 6. The minimum atomic E-state index is 0.976. The van der Waals surface area contributed by atoms with Crippen molar-refractivity contribution >= 4 is 88.2 Å². The molecule has 2 aromatic heterocycles. The van der Waals surface area contributed by atoms with Gasteiger partial charge < -0.3 is 9.80 Å². The van der Waals surface area contributed by atoms with Crippen LogP contribution in [0.4, 0.5) is 34.1 Å². The van der Waals surface area contributed by atoms with Crippen LogP contribution >= 0.6 is 0 Å². The van der Waals surface area contributed by atoms with Gasteiger partial charge in [0, 0.05) is 78.6 Å². The van der Waals surface area contributed by atoms with Crippen LogP contribution in [0.1, 0.15) is 0 Å². The molecule has 62 heavy (non-hydrogen) atoms. The second-order valence-corrected chi connectivity index (χ2v) is 15.8. The molecule has 0 atom stereocenters. The Kier molecular flexibility index (Phi) is 8.46. The summed E-state index contributed by atoms with van der Waals surface area (Å²) in [7, 11) is 0. The van der Waals surface area contributed by atoms with Crippen LogP contribution in [-0.4, -0.2) is 9.97 Å². The first-order chi connectivity index (χ1) is 30.8. The van der Waals surface area contributed by atoms with Crippen LogP contribution in [0.2, 0.25) is 0 Å². The first-order valence-corrected chi connectivity index (χ1v) is 21.1. The first kappa shape index (κ1) is 35.6. The molecule has 0 unspecified atom stereocenters. The average molecular weight is 791 g/mol. The minimum absolute atomic E-state index is 0.976. The Morgan fingerprint density at radius 1 is 0.290 bits per heavy atom. The highest BCUT2D eigenvalue weighted by atomic mass is 15.1. The first-order valence-electron chi connectivity index (χ1n) is 21.1. The summed E-state index contributed by atoms with van der Waals surface area (Å²) in [5.74, 6) is 0. The third kappa shape index (κ3) is 5.92. The number of fused-ring (bicyclic) bond motifs is 2. The molecule has 0 N–H and O–H groups in total. The van der Waals surface area contributed by atoms with Crippen LogP contribution in [0.3, 0.4) is 0 Å². The van der Waals surface area contributed by atoms with E-state index in [2.05, 4.69) is 228 Å². The molecule has 0 aliphatic carbocycles. The normalized spacial score (nSPS) is 11.5. The molecule has 290 valence electrons. The fourth-order valence-corrected chi connectivity index (χ4v) is 9.40. The van der Waals surface area contributed by atoms with Crippen molar-refractivity contribution < 1.29 is 0 Å². The molecular formula is C58H38N4. The van der Waals surface area contributed by atoms with Gasteiger partial charge in [-0.2, -0.15) is 0 Å². The van der Waals surface area contributed by atoms with Crippen molar-refractivity contribution in [1.29, 1.82) is 0 Å². The summed E-state index contributed by atoms with van der Waals surface area (Å²) in [6.07, 6.45) is 4.08. The number of hydrogen-bond donors (Lipinski definition) is 0. The van der Waals surface area contributed by atoms with Gasteiger partial charge in [-0.15, -0.1) is 0 Å². The molecule has 0 aliphatic rings. The number of para-hydroxylation sites is 6. The molecule has 12 rings (SSSR count). The van der Waals surface area contributed by atoms with E-state index in [4.69, 9.17) is 9.97 Å². The van der Waals surface area contributed by atoms with E-state index in [9.17, 15) is 0 Å². The van der Waals surface area contributed by atoms with Gasteiger partial charge in [0.1, 0.15) is 0 Å². The van der Waals surface area contributed by atoms with Gasteiger partial charge in [0.05, 0.1) is 22.4 Å². The molecule has 0 spiro atoms. The van der Waals surface area contributed by atoms with Crippen LogP contribution in [0.5, 0.6) is 0 Å². The molecular weight excluding hydrogens is 753 g/mol. The zero-order chi connectivity index (χ0) is 41.0. The zero-order valence-electron chi connectivity index (χ0n) is 33.7. The monoisotopic (exact) mass is 790 g/mol. The Morgan fingerprint density at radius 2 is 0.613 bits per heavy atom. The Hall–Kier alpha value is -8.34. The van der Waals surface area contributed by atoms with Crippen LogP contribution in [0.25, 0.3) is 76.4 Å². The number of rotatable bonds is 8. The molecule has 2 heterocycles. The highest BCUT2D eigenvalue weighted by molar-refractivity contribution is 6.32. The molecule has 0 radical (unpaired) electrons. The molecule has 4 heteroatoms. The number of benzene rings is 10. The molecule has 12 aromatic rings. The Balaban J connectivity index is 1.26. The molecule has 0 fully saturated rings. The van der Waals surface area contributed by atoms with Crippen molar-refractivity contribution in [3.05, 3.63) is 231 Å². The van der Waals surface area contributed by atoms with E-state index in [0.717, 1.165) is 89.0 Å². The fourth-order valence-electron chi connectivity index (χ4n) is 9.40. The van der Waals surface area contributed by atoms with E-state index in [-0.39, 0.29) is 0 Å². The van der Waals surface area contributed by atoms with Gasteiger partial charge in [0.15, 0.2) is 0 Å². The summed E-state index contributed by atoms with van der Waals surface area (Å²) in [5.41, 5.74) is 12.9. The molecule has 10 aromatic carbocycles. The largest absolute Gasteiger partial charge is 0.310 e. The van der Waals surface area contributed by atoms with Gasteiger partial charge in [0.2, 0.25) is 0 Å². The Morgan fingerprint density at radius 3 is 0.984 bits per heavy atom. The number of pyridine rings is 2. The maximum atomic E-state index is 5.01. The van der Waals surface area contributed by atoms with Gasteiger partial charge in [-0.25, -0.2) is 0 Å². The summed E-state index contributed by atoms with van der Waals surface area (Å²) < 4.78 is 0. The molecule has 0 saturated heterocycles. The van der Waals surface area contributed by atoms with Crippen LogP contribution in [0, 0.1) is 0 Å². The fraction of sp³-hybridized carbons (Fsp3) is 0. The summed E-state index contributed by atoms with van der Waals surface area (Å²) >= 11 is 0. The number of hydrogen-bond acceptors (Lipinski definition) is 4. The predicted molar refractivity (Wildman–Crippen MR) is 261 cm³/mol. The second-order valence-electron chi connectivity index (χ2n) is 15.8. The maximum absolute atomic E-state index is 5.01. The SMILES string of the molecule is c1ccc(N(c2ccccc2)c2cc(-c3cnc4ccccc4c3)c3ccc4c(N(c5ccccc5)c5ccccc5)cc(-c5cnc6ccccc6c5)c5ccc2c3c54)cc1. The van der Waals surface area contributed by atoms with Crippen LogP contribution in [-0.2, 0) is 0 Å². The van der Waals surface area contributed by atoms with Crippen molar-refractivity contribution in [2.75, 3.05) is 9.80 Å². The molecule has 4 nitrogen and oxygen atoms in total.